The second kappa shape index (κ2) is 5.20. The molecule has 0 aliphatic carbocycles. The topological polar surface area (TPSA) is 59.5 Å². The van der Waals surface area contributed by atoms with E-state index in [9.17, 15) is 0 Å². The maximum Gasteiger partial charge on any atom is 0.235 e. The summed E-state index contributed by atoms with van der Waals surface area (Å²) in [6.07, 6.45) is 1.65. The zero-order valence-electron chi connectivity index (χ0n) is 13.0. The van der Waals surface area contributed by atoms with Crippen molar-refractivity contribution in [3.63, 3.8) is 0 Å². The number of aromatic nitrogens is 4. The number of aryl methyl sites for hydroxylation is 1. The highest BCUT2D eigenvalue weighted by molar-refractivity contribution is 7.19. The van der Waals surface area contributed by atoms with Gasteiger partial charge in [-0.2, -0.15) is 9.61 Å². The Bertz CT molecular complexity index is 981. The van der Waals surface area contributed by atoms with Gasteiger partial charge in [0.2, 0.25) is 4.96 Å². The molecule has 6 nitrogen and oxygen atoms in total. The second-order valence-corrected chi connectivity index (χ2v) is 6.42. The van der Waals surface area contributed by atoms with Crippen LogP contribution in [0.2, 0.25) is 0 Å². The maximum atomic E-state index is 5.36. The van der Waals surface area contributed by atoms with Gasteiger partial charge in [-0.25, -0.2) is 0 Å². The van der Waals surface area contributed by atoms with E-state index in [0.29, 0.717) is 5.82 Å². The van der Waals surface area contributed by atoms with Gasteiger partial charge in [-0.15, -0.1) is 10.2 Å². The summed E-state index contributed by atoms with van der Waals surface area (Å²) in [5.74, 6) is 1.51. The van der Waals surface area contributed by atoms with Crippen LogP contribution in [0.5, 0.6) is 0 Å². The number of anilines is 1. The van der Waals surface area contributed by atoms with Crippen molar-refractivity contribution in [1.29, 1.82) is 0 Å². The zero-order chi connectivity index (χ0) is 16.0. The number of hydrogen-bond donors (Lipinski definition) is 0. The van der Waals surface area contributed by atoms with Gasteiger partial charge in [0.15, 0.2) is 5.82 Å². The molecule has 0 fully saturated rings. The molecular weight excluding hydrogens is 310 g/mol. The van der Waals surface area contributed by atoms with Crippen LogP contribution in [0.4, 0.5) is 5.69 Å². The third kappa shape index (κ3) is 2.29. The number of nitrogens with zero attached hydrogens (tertiary/aromatic N) is 5. The van der Waals surface area contributed by atoms with E-state index in [4.69, 9.17) is 9.52 Å². The van der Waals surface area contributed by atoms with Gasteiger partial charge in [0.25, 0.3) is 0 Å². The van der Waals surface area contributed by atoms with Crippen molar-refractivity contribution < 1.29 is 4.42 Å². The van der Waals surface area contributed by atoms with E-state index < -0.39 is 0 Å². The number of hydrogen-bond acceptors (Lipinski definition) is 6. The highest BCUT2D eigenvalue weighted by Gasteiger charge is 2.17. The Balaban J connectivity index is 1.83. The average molecular weight is 325 g/mol. The number of benzene rings is 1. The molecule has 1 aromatic carbocycles. The van der Waals surface area contributed by atoms with Crippen LogP contribution < -0.4 is 4.90 Å². The summed E-state index contributed by atoms with van der Waals surface area (Å²) in [7, 11) is 4.05. The SMILES string of the molecule is Cc1occc1-c1nnc2sc(-c3cccc(N(C)C)c3)nn12. The second-order valence-electron chi connectivity index (χ2n) is 5.46. The van der Waals surface area contributed by atoms with Gasteiger partial charge in [0.05, 0.1) is 11.8 Å². The number of furan rings is 1. The van der Waals surface area contributed by atoms with Crippen molar-refractivity contribution in [2.24, 2.45) is 0 Å². The summed E-state index contributed by atoms with van der Waals surface area (Å²) in [5.41, 5.74) is 3.12. The lowest BCUT2D eigenvalue weighted by atomic mass is 10.2. The Morgan fingerprint density at radius 1 is 1.17 bits per heavy atom. The Kier molecular flexibility index (Phi) is 3.16. The molecular formula is C16H15N5OS. The molecule has 0 unspecified atom stereocenters. The fraction of sp³-hybridized carbons (Fsp3) is 0.188. The molecule has 3 heterocycles. The smallest absolute Gasteiger partial charge is 0.235 e. The Morgan fingerprint density at radius 3 is 2.78 bits per heavy atom. The molecule has 0 saturated carbocycles. The van der Waals surface area contributed by atoms with Crippen LogP contribution in [0.25, 0.3) is 26.9 Å². The van der Waals surface area contributed by atoms with E-state index in [1.54, 1.807) is 10.8 Å². The minimum Gasteiger partial charge on any atom is -0.469 e. The van der Waals surface area contributed by atoms with Crippen molar-refractivity contribution in [1.82, 2.24) is 19.8 Å². The summed E-state index contributed by atoms with van der Waals surface area (Å²) in [6.45, 7) is 1.91. The minimum atomic E-state index is 0.706. The average Bonchev–Trinajstić information content (AvgIpc) is 3.22. The molecule has 0 N–H and O–H groups in total. The number of fused-ring (bicyclic) bond motifs is 1. The summed E-state index contributed by atoms with van der Waals surface area (Å²) >= 11 is 1.52. The summed E-state index contributed by atoms with van der Waals surface area (Å²) in [6, 6.07) is 10.2. The van der Waals surface area contributed by atoms with Crippen LogP contribution in [-0.4, -0.2) is 33.9 Å². The standard InChI is InChI=1S/C16H15N5OS/c1-10-13(7-8-22-10)14-17-18-16-21(14)19-15(23-16)11-5-4-6-12(9-11)20(2)3/h4-9H,1-3H3. The van der Waals surface area contributed by atoms with Crippen LogP contribution in [0.15, 0.2) is 41.0 Å². The van der Waals surface area contributed by atoms with Crippen LogP contribution in [0.3, 0.4) is 0 Å². The van der Waals surface area contributed by atoms with Gasteiger partial charge in [-0.1, -0.05) is 23.5 Å². The Labute approximate surface area is 137 Å². The molecule has 0 spiro atoms. The molecule has 4 aromatic rings. The van der Waals surface area contributed by atoms with E-state index in [2.05, 4.69) is 33.3 Å². The predicted octanol–water partition coefficient (Wildman–Crippen LogP) is 3.49. The fourth-order valence-electron chi connectivity index (χ4n) is 2.44. The lowest BCUT2D eigenvalue weighted by Crippen LogP contribution is -2.08. The molecule has 0 aliphatic heterocycles. The predicted molar refractivity (Wildman–Crippen MR) is 90.9 cm³/mol. The van der Waals surface area contributed by atoms with Crippen molar-refractivity contribution in [2.45, 2.75) is 6.92 Å². The lowest BCUT2D eigenvalue weighted by molar-refractivity contribution is 0.535. The summed E-state index contributed by atoms with van der Waals surface area (Å²) < 4.78 is 7.14. The third-order valence-electron chi connectivity index (χ3n) is 3.70. The molecule has 4 rings (SSSR count). The van der Waals surface area contributed by atoms with Crippen molar-refractivity contribution in [2.75, 3.05) is 19.0 Å². The summed E-state index contributed by atoms with van der Waals surface area (Å²) in [5, 5.41) is 14.1. The molecule has 0 aliphatic rings. The number of rotatable bonds is 3. The first kappa shape index (κ1) is 14.0. The molecule has 0 atom stereocenters. The van der Waals surface area contributed by atoms with Gasteiger partial charge in [-0.3, -0.25) is 0 Å². The van der Waals surface area contributed by atoms with Gasteiger partial charge < -0.3 is 9.32 Å². The molecule has 23 heavy (non-hydrogen) atoms. The van der Waals surface area contributed by atoms with Crippen LogP contribution >= 0.6 is 11.3 Å². The zero-order valence-corrected chi connectivity index (χ0v) is 13.8. The van der Waals surface area contributed by atoms with Gasteiger partial charge in [0.1, 0.15) is 10.8 Å². The first-order valence-electron chi connectivity index (χ1n) is 7.18. The monoisotopic (exact) mass is 325 g/mol. The maximum absolute atomic E-state index is 5.36. The Hall–Kier alpha value is -2.67. The highest BCUT2D eigenvalue weighted by atomic mass is 32.1. The van der Waals surface area contributed by atoms with Crippen LogP contribution in [-0.2, 0) is 0 Å². The molecule has 0 radical (unpaired) electrons. The van der Waals surface area contributed by atoms with E-state index in [1.165, 1.54) is 11.3 Å². The summed E-state index contributed by atoms with van der Waals surface area (Å²) in [4.78, 5) is 2.84. The molecule has 3 aromatic heterocycles. The quantitative estimate of drug-likeness (QED) is 0.577. The molecule has 0 amide bonds. The van der Waals surface area contributed by atoms with Crippen LogP contribution in [0.1, 0.15) is 5.76 Å². The fourth-order valence-corrected chi connectivity index (χ4v) is 3.27. The van der Waals surface area contributed by atoms with Crippen molar-refractivity contribution in [3.8, 4) is 22.0 Å². The van der Waals surface area contributed by atoms with Crippen LogP contribution in [0, 0.1) is 6.92 Å². The van der Waals surface area contributed by atoms with Crippen molar-refractivity contribution in [3.05, 3.63) is 42.4 Å². The highest BCUT2D eigenvalue weighted by Crippen LogP contribution is 2.30. The van der Waals surface area contributed by atoms with Crippen molar-refractivity contribution >= 4 is 22.0 Å². The van der Waals surface area contributed by atoms with Gasteiger partial charge in [-0.05, 0) is 25.1 Å². The van der Waals surface area contributed by atoms with E-state index in [0.717, 1.165) is 32.5 Å². The van der Waals surface area contributed by atoms with Gasteiger partial charge >= 0.3 is 0 Å². The third-order valence-corrected chi connectivity index (χ3v) is 4.65. The lowest BCUT2D eigenvalue weighted by Gasteiger charge is -2.12. The molecule has 0 saturated heterocycles. The molecule has 7 heteroatoms. The largest absolute Gasteiger partial charge is 0.469 e. The first-order valence-corrected chi connectivity index (χ1v) is 7.99. The molecule has 116 valence electrons. The van der Waals surface area contributed by atoms with Gasteiger partial charge in [0, 0.05) is 25.3 Å². The van der Waals surface area contributed by atoms with E-state index in [-0.39, 0.29) is 0 Å². The van der Waals surface area contributed by atoms with E-state index >= 15 is 0 Å². The minimum absolute atomic E-state index is 0.706. The normalized spacial score (nSPS) is 11.3. The molecule has 0 bridgehead atoms. The first-order chi connectivity index (χ1) is 11.1. The van der Waals surface area contributed by atoms with E-state index in [1.807, 2.05) is 33.2 Å². The Morgan fingerprint density at radius 2 is 2.04 bits per heavy atom.